The third-order valence-corrected chi connectivity index (χ3v) is 7.83. The maximum Gasteiger partial charge on any atom is 0.265 e. The van der Waals surface area contributed by atoms with Crippen LogP contribution < -0.4 is 19.3 Å². The Balaban J connectivity index is 1.99. The van der Waals surface area contributed by atoms with Crippen LogP contribution in [0.15, 0.2) is 77.7 Å². The molecule has 0 heterocycles. The Hall–Kier alpha value is -3.52. The van der Waals surface area contributed by atoms with E-state index in [0.29, 0.717) is 17.0 Å². The highest BCUT2D eigenvalue weighted by molar-refractivity contribution is 7.93. The van der Waals surface area contributed by atoms with E-state index in [1.807, 2.05) is 43.3 Å². The summed E-state index contributed by atoms with van der Waals surface area (Å²) < 4.78 is 34.6. The molecule has 8 heteroatoms. The smallest absolute Gasteiger partial charge is 0.265 e. The van der Waals surface area contributed by atoms with Gasteiger partial charge in [0.1, 0.15) is 11.8 Å². The van der Waals surface area contributed by atoms with Crippen molar-refractivity contribution in [3.05, 3.63) is 83.9 Å². The Morgan fingerprint density at radius 3 is 2.20 bits per heavy atom. The summed E-state index contributed by atoms with van der Waals surface area (Å²) in [4.78, 5) is 15.6. The second-order valence-corrected chi connectivity index (χ2v) is 10.2. The van der Waals surface area contributed by atoms with Crippen molar-refractivity contribution in [2.24, 2.45) is 0 Å². The third kappa shape index (κ3) is 5.77. The average Bonchev–Trinajstić information content (AvgIpc) is 2.86. The topological polar surface area (TPSA) is 79.0 Å². The number of aryl methyl sites for hydroxylation is 1. The lowest BCUT2D eigenvalue weighted by molar-refractivity contribution is -0.122. The van der Waals surface area contributed by atoms with Crippen LogP contribution in [0.2, 0.25) is 0 Å². The lowest BCUT2D eigenvalue weighted by Gasteiger charge is -2.32. The minimum Gasteiger partial charge on any atom is -0.495 e. The number of ether oxygens (including phenoxy) is 1. The predicted octanol–water partition coefficient (Wildman–Crippen LogP) is 4.36. The van der Waals surface area contributed by atoms with Crippen molar-refractivity contribution in [1.29, 1.82) is 0 Å². The second kappa shape index (κ2) is 11.3. The average molecular weight is 496 g/mol. The number of methoxy groups -OCH3 is 1. The van der Waals surface area contributed by atoms with Gasteiger partial charge in [-0.3, -0.25) is 9.10 Å². The standard InChI is InChI=1S/C27H33N3O4S/c1-6-23(27(31)28-19-21-15-17-22(18-16-21)29(3)4)30(24-12-8-9-13-25(24)34-5)35(32,33)26-14-10-7-11-20(26)2/h7-18,23H,6,19H2,1-5H3,(H,28,31). The van der Waals surface area contributed by atoms with Crippen LogP contribution in [0.25, 0.3) is 0 Å². The number of anilines is 2. The molecule has 1 amide bonds. The molecule has 0 spiro atoms. The molecule has 0 aromatic heterocycles. The normalized spacial score (nSPS) is 12.0. The number of amides is 1. The van der Waals surface area contributed by atoms with Crippen molar-refractivity contribution in [3.8, 4) is 5.75 Å². The maximum atomic E-state index is 14.0. The molecule has 1 N–H and O–H groups in total. The van der Waals surface area contributed by atoms with Gasteiger partial charge in [-0.25, -0.2) is 8.42 Å². The number of para-hydroxylation sites is 2. The Bertz CT molecular complexity index is 1260. The lowest BCUT2D eigenvalue weighted by atomic mass is 10.1. The summed E-state index contributed by atoms with van der Waals surface area (Å²) in [6.45, 7) is 3.82. The number of carbonyl (C=O) groups is 1. The van der Waals surface area contributed by atoms with E-state index >= 15 is 0 Å². The summed E-state index contributed by atoms with van der Waals surface area (Å²) in [5, 5.41) is 2.93. The highest BCUT2D eigenvalue weighted by atomic mass is 32.2. The van der Waals surface area contributed by atoms with Crippen molar-refractivity contribution >= 4 is 27.3 Å². The first-order valence-corrected chi connectivity index (χ1v) is 12.9. The summed E-state index contributed by atoms with van der Waals surface area (Å²) in [5.74, 6) is -0.0116. The first kappa shape index (κ1) is 26.1. The van der Waals surface area contributed by atoms with Gasteiger partial charge in [0.05, 0.1) is 17.7 Å². The zero-order valence-electron chi connectivity index (χ0n) is 20.9. The molecule has 0 aliphatic carbocycles. The number of nitrogens with one attached hydrogen (secondary N) is 1. The summed E-state index contributed by atoms with van der Waals surface area (Å²) in [5.41, 5.74) is 2.89. The van der Waals surface area contributed by atoms with Gasteiger partial charge in [-0.1, -0.05) is 49.4 Å². The van der Waals surface area contributed by atoms with Crippen LogP contribution in [0.4, 0.5) is 11.4 Å². The van der Waals surface area contributed by atoms with E-state index < -0.39 is 16.1 Å². The molecular formula is C27H33N3O4S. The molecule has 3 aromatic rings. The van der Waals surface area contributed by atoms with Crippen LogP contribution in [0.5, 0.6) is 5.75 Å². The molecule has 0 aliphatic rings. The fourth-order valence-corrected chi connectivity index (χ4v) is 5.83. The van der Waals surface area contributed by atoms with E-state index in [2.05, 4.69) is 5.32 Å². The zero-order valence-corrected chi connectivity index (χ0v) is 21.7. The molecular weight excluding hydrogens is 462 g/mol. The lowest BCUT2D eigenvalue weighted by Crippen LogP contribution is -2.49. The van der Waals surface area contributed by atoms with Gasteiger partial charge in [-0.2, -0.15) is 0 Å². The number of hydrogen-bond donors (Lipinski definition) is 1. The van der Waals surface area contributed by atoms with Crippen molar-refractivity contribution in [3.63, 3.8) is 0 Å². The van der Waals surface area contributed by atoms with E-state index in [1.165, 1.54) is 11.4 Å². The maximum absolute atomic E-state index is 14.0. The van der Waals surface area contributed by atoms with Gasteiger partial charge in [0.25, 0.3) is 10.0 Å². The van der Waals surface area contributed by atoms with Gasteiger partial charge in [-0.15, -0.1) is 0 Å². The summed E-state index contributed by atoms with van der Waals surface area (Å²) in [6, 6.07) is 20.5. The number of rotatable bonds is 10. The molecule has 7 nitrogen and oxygen atoms in total. The Morgan fingerprint density at radius 1 is 0.971 bits per heavy atom. The molecule has 1 unspecified atom stereocenters. The number of nitrogens with zero attached hydrogens (tertiary/aromatic N) is 2. The van der Waals surface area contributed by atoms with E-state index in [0.717, 1.165) is 11.3 Å². The molecule has 0 aliphatic heterocycles. The molecule has 0 bridgehead atoms. The van der Waals surface area contributed by atoms with Gasteiger partial charge < -0.3 is 15.0 Å². The van der Waals surface area contributed by atoms with Crippen LogP contribution in [0.3, 0.4) is 0 Å². The molecule has 1 atom stereocenters. The number of carbonyl (C=O) groups excluding carboxylic acids is 1. The van der Waals surface area contributed by atoms with Crippen molar-refractivity contribution in [2.75, 3.05) is 30.4 Å². The van der Waals surface area contributed by atoms with Crippen LogP contribution in [0, 0.1) is 6.92 Å². The Labute approximate surface area is 208 Å². The number of hydrogen-bond acceptors (Lipinski definition) is 5. The number of sulfonamides is 1. The second-order valence-electron chi connectivity index (χ2n) is 8.44. The summed E-state index contributed by atoms with van der Waals surface area (Å²) >= 11 is 0. The highest BCUT2D eigenvalue weighted by Crippen LogP contribution is 2.35. The minimum absolute atomic E-state index is 0.149. The molecule has 186 valence electrons. The molecule has 3 rings (SSSR count). The highest BCUT2D eigenvalue weighted by Gasteiger charge is 2.37. The molecule has 0 fully saturated rings. The van der Waals surface area contributed by atoms with E-state index in [9.17, 15) is 13.2 Å². The SMILES string of the molecule is CCC(C(=O)NCc1ccc(N(C)C)cc1)N(c1ccccc1OC)S(=O)(=O)c1ccccc1C. The van der Waals surface area contributed by atoms with Gasteiger partial charge >= 0.3 is 0 Å². The van der Waals surface area contributed by atoms with Crippen molar-refractivity contribution < 1.29 is 17.9 Å². The van der Waals surface area contributed by atoms with E-state index in [-0.39, 0.29) is 23.8 Å². The fourth-order valence-electron chi connectivity index (χ4n) is 3.91. The van der Waals surface area contributed by atoms with Gasteiger partial charge in [0, 0.05) is 26.3 Å². The van der Waals surface area contributed by atoms with Crippen LogP contribution >= 0.6 is 0 Å². The van der Waals surface area contributed by atoms with E-state index in [4.69, 9.17) is 4.74 Å². The van der Waals surface area contributed by atoms with Crippen LogP contribution in [0.1, 0.15) is 24.5 Å². The third-order valence-electron chi connectivity index (χ3n) is 5.84. The van der Waals surface area contributed by atoms with Gasteiger partial charge in [-0.05, 0) is 54.8 Å². The Morgan fingerprint density at radius 2 is 1.60 bits per heavy atom. The number of benzene rings is 3. The van der Waals surface area contributed by atoms with Crippen LogP contribution in [-0.4, -0.2) is 41.6 Å². The molecule has 35 heavy (non-hydrogen) atoms. The van der Waals surface area contributed by atoms with Crippen LogP contribution in [-0.2, 0) is 21.4 Å². The minimum atomic E-state index is -4.08. The van der Waals surface area contributed by atoms with Gasteiger partial charge in [0.15, 0.2) is 0 Å². The molecule has 0 saturated carbocycles. The zero-order chi connectivity index (χ0) is 25.6. The predicted molar refractivity (Wildman–Crippen MR) is 141 cm³/mol. The first-order chi connectivity index (χ1) is 16.7. The largest absolute Gasteiger partial charge is 0.495 e. The quantitative estimate of drug-likeness (QED) is 0.452. The molecule has 3 aromatic carbocycles. The summed E-state index contributed by atoms with van der Waals surface area (Å²) in [6.07, 6.45) is 0.272. The molecule has 0 radical (unpaired) electrons. The monoisotopic (exact) mass is 495 g/mol. The summed E-state index contributed by atoms with van der Waals surface area (Å²) in [7, 11) is 1.32. The fraction of sp³-hybridized carbons (Fsp3) is 0.296. The first-order valence-electron chi connectivity index (χ1n) is 11.5. The van der Waals surface area contributed by atoms with E-state index in [1.54, 1.807) is 62.4 Å². The van der Waals surface area contributed by atoms with Gasteiger partial charge in [0.2, 0.25) is 5.91 Å². The van der Waals surface area contributed by atoms with Crippen molar-refractivity contribution in [1.82, 2.24) is 5.32 Å². The van der Waals surface area contributed by atoms with Crippen molar-refractivity contribution in [2.45, 2.75) is 37.8 Å². The molecule has 0 saturated heterocycles. The Kier molecular flexibility index (Phi) is 8.40.